The summed E-state index contributed by atoms with van der Waals surface area (Å²) in [5.41, 5.74) is 17.6. The SMILES string of the molecule is Cc1ccc2c(oc3cc4c(ccc5ccccc54)cc32)c1-c1nc2ccccc2n1-c1c(C(C)C)cc(-c2ccc(-c3cc(C(C)(C)C)cc(C(C)(C)C)c3)cc2)cc1C(C)C. The van der Waals surface area contributed by atoms with Crippen LogP contribution in [0.5, 0.6) is 0 Å². The van der Waals surface area contributed by atoms with Crippen molar-refractivity contribution in [3.05, 3.63) is 167 Å². The summed E-state index contributed by atoms with van der Waals surface area (Å²) in [5, 5.41) is 7.10. The molecule has 2 heterocycles. The molecular formula is C60H58N2O. The standard InChI is InChI=1S/C60H58N2O/c1-35(2)48-31-43(39-23-21-38(22-24-39)42-28-44(59(6,7)8)33-45(29-42)60(9,10)11)32-49(36(3)4)56(48)62-53-19-15-14-18-52(53)61-58(62)55-37(5)20-27-47-51-30-41-26-25-40-16-12-13-17-46(40)50(41)34-54(51)63-57(47)55/h12-36H,1-11H3. The van der Waals surface area contributed by atoms with Gasteiger partial charge in [-0.1, -0.05) is 172 Å². The summed E-state index contributed by atoms with van der Waals surface area (Å²) < 4.78 is 9.47. The molecule has 0 spiro atoms. The van der Waals surface area contributed by atoms with Crippen molar-refractivity contribution in [1.82, 2.24) is 9.55 Å². The lowest BCUT2D eigenvalue weighted by atomic mass is 9.79. The van der Waals surface area contributed by atoms with Gasteiger partial charge in [-0.05, 0) is 138 Å². The van der Waals surface area contributed by atoms with Crippen LogP contribution in [0.4, 0.5) is 0 Å². The minimum Gasteiger partial charge on any atom is -0.455 e. The molecular weight excluding hydrogens is 765 g/mol. The predicted molar refractivity (Wildman–Crippen MR) is 270 cm³/mol. The van der Waals surface area contributed by atoms with E-state index in [9.17, 15) is 0 Å². The molecule has 0 aliphatic rings. The smallest absolute Gasteiger partial charge is 0.149 e. The molecule has 0 radical (unpaired) electrons. The fraction of sp³-hybridized carbons (Fsp3) is 0.250. The van der Waals surface area contributed by atoms with Gasteiger partial charge in [0.2, 0.25) is 0 Å². The van der Waals surface area contributed by atoms with Crippen molar-refractivity contribution < 1.29 is 4.42 Å². The molecule has 0 saturated carbocycles. The summed E-state index contributed by atoms with van der Waals surface area (Å²) in [6.45, 7) is 25.3. The van der Waals surface area contributed by atoms with Gasteiger partial charge in [0.25, 0.3) is 0 Å². The quantitative estimate of drug-likeness (QED) is 0.156. The largest absolute Gasteiger partial charge is 0.455 e. The van der Waals surface area contributed by atoms with E-state index in [0.717, 1.165) is 49.9 Å². The third-order valence-electron chi connectivity index (χ3n) is 13.4. The first-order valence-corrected chi connectivity index (χ1v) is 22.8. The molecule has 3 nitrogen and oxygen atoms in total. The summed E-state index contributed by atoms with van der Waals surface area (Å²) >= 11 is 0. The molecule has 0 aliphatic carbocycles. The summed E-state index contributed by atoms with van der Waals surface area (Å²) in [6, 6.07) is 51.9. The van der Waals surface area contributed by atoms with Crippen LogP contribution in [0.25, 0.3) is 93.8 Å². The monoisotopic (exact) mass is 822 g/mol. The number of hydrogen-bond acceptors (Lipinski definition) is 2. The molecule has 0 N–H and O–H groups in total. The fourth-order valence-electron chi connectivity index (χ4n) is 9.64. The third kappa shape index (κ3) is 6.94. The van der Waals surface area contributed by atoms with Gasteiger partial charge in [-0.2, -0.15) is 0 Å². The Kier molecular flexibility index (Phi) is 9.56. The maximum atomic E-state index is 7.03. The van der Waals surface area contributed by atoms with Crippen molar-refractivity contribution in [2.45, 2.75) is 98.8 Å². The van der Waals surface area contributed by atoms with E-state index in [-0.39, 0.29) is 22.7 Å². The Morgan fingerprint density at radius 3 is 1.73 bits per heavy atom. The van der Waals surface area contributed by atoms with Crippen LogP contribution in [-0.2, 0) is 10.8 Å². The number of nitrogens with zero attached hydrogens (tertiary/aromatic N) is 2. The van der Waals surface area contributed by atoms with Crippen LogP contribution in [0.1, 0.15) is 109 Å². The number of aryl methyl sites for hydroxylation is 1. The Balaban J connectivity index is 1.16. The first-order chi connectivity index (χ1) is 30.0. The Bertz CT molecular complexity index is 3350. The van der Waals surface area contributed by atoms with Gasteiger partial charge in [-0.3, -0.25) is 4.57 Å². The van der Waals surface area contributed by atoms with E-state index in [1.807, 2.05) is 0 Å². The number of hydrogen-bond donors (Lipinski definition) is 0. The van der Waals surface area contributed by atoms with Crippen LogP contribution >= 0.6 is 0 Å². The maximum Gasteiger partial charge on any atom is 0.149 e. The lowest BCUT2D eigenvalue weighted by molar-refractivity contribution is 0.569. The van der Waals surface area contributed by atoms with Gasteiger partial charge >= 0.3 is 0 Å². The second kappa shape index (κ2) is 14.8. The van der Waals surface area contributed by atoms with Crippen molar-refractivity contribution >= 4 is 54.5 Å². The van der Waals surface area contributed by atoms with Gasteiger partial charge in [0.15, 0.2) is 0 Å². The van der Waals surface area contributed by atoms with Crippen LogP contribution in [0.15, 0.2) is 144 Å². The molecule has 0 atom stereocenters. The van der Waals surface area contributed by atoms with Crippen LogP contribution in [0, 0.1) is 6.92 Å². The molecule has 2 aromatic heterocycles. The highest BCUT2D eigenvalue weighted by molar-refractivity contribution is 6.17. The summed E-state index contributed by atoms with van der Waals surface area (Å²) in [5.74, 6) is 1.39. The molecule has 63 heavy (non-hydrogen) atoms. The van der Waals surface area contributed by atoms with Crippen molar-refractivity contribution in [3.63, 3.8) is 0 Å². The molecule has 314 valence electrons. The molecule has 0 amide bonds. The van der Waals surface area contributed by atoms with Crippen molar-refractivity contribution in [2.24, 2.45) is 0 Å². The number of para-hydroxylation sites is 2. The maximum absolute atomic E-state index is 7.03. The molecule has 0 bridgehead atoms. The van der Waals surface area contributed by atoms with Crippen LogP contribution in [-0.4, -0.2) is 9.55 Å². The van der Waals surface area contributed by atoms with Gasteiger partial charge in [0, 0.05) is 10.8 Å². The molecule has 10 aromatic rings. The highest BCUT2D eigenvalue weighted by Gasteiger charge is 2.27. The topological polar surface area (TPSA) is 31.0 Å². The van der Waals surface area contributed by atoms with E-state index in [2.05, 4.69) is 220 Å². The van der Waals surface area contributed by atoms with E-state index in [1.54, 1.807) is 0 Å². The molecule has 0 fully saturated rings. The van der Waals surface area contributed by atoms with E-state index in [4.69, 9.17) is 9.40 Å². The molecule has 0 saturated heterocycles. The van der Waals surface area contributed by atoms with Crippen molar-refractivity contribution in [2.75, 3.05) is 0 Å². The number of imidazole rings is 1. The number of furan rings is 1. The number of fused-ring (bicyclic) bond motifs is 7. The average Bonchev–Trinajstić information content (AvgIpc) is 3.82. The zero-order valence-corrected chi connectivity index (χ0v) is 38.7. The zero-order valence-electron chi connectivity index (χ0n) is 38.7. The first-order valence-electron chi connectivity index (χ1n) is 22.8. The van der Waals surface area contributed by atoms with Gasteiger partial charge in [0.05, 0.1) is 22.3 Å². The van der Waals surface area contributed by atoms with Gasteiger partial charge in [0.1, 0.15) is 17.0 Å². The normalized spacial score (nSPS) is 12.7. The van der Waals surface area contributed by atoms with Crippen molar-refractivity contribution in [1.29, 1.82) is 0 Å². The minimum atomic E-state index is 0.0563. The number of aromatic nitrogens is 2. The lowest BCUT2D eigenvalue weighted by Crippen LogP contribution is -2.16. The summed E-state index contributed by atoms with van der Waals surface area (Å²) in [7, 11) is 0. The van der Waals surface area contributed by atoms with E-state index in [0.29, 0.717) is 0 Å². The van der Waals surface area contributed by atoms with Crippen LogP contribution < -0.4 is 0 Å². The number of rotatable bonds is 6. The Morgan fingerprint density at radius 1 is 0.508 bits per heavy atom. The van der Waals surface area contributed by atoms with Crippen molar-refractivity contribution in [3.8, 4) is 39.3 Å². The molecule has 3 heteroatoms. The second-order valence-corrected chi connectivity index (χ2v) is 20.5. The lowest BCUT2D eigenvalue weighted by Gasteiger charge is -2.26. The molecule has 0 aliphatic heterocycles. The molecule has 0 unspecified atom stereocenters. The third-order valence-corrected chi connectivity index (χ3v) is 13.4. The van der Waals surface area contributed by atoms with Gasteiger partial charge in [-0.15, -0.1) is 0 Å². The van der Waals surface area contributed by atoms with E-state index < -0.39 is 0 Å². The second-order valence-electron chi connectivity index (χ2n) is 20.5. The van der Waals surface area contributed by atoms with Gasteiger partial charge < -0.3 is 4.42 Å². The Hall–Kier alpha value is -6.45. The number of benzene rings is 8. The first kappa shape index (κ1) is 40.6. The summed E-state index contributed by atoms with van der Waals surface area (Å²) in [4.78, 5) is 5.50. The highest BCUT2D eigenvalue weighted by atomic mass is 16.3. The average molecular weight is 823 g/mol. The fourth-order valence-corrected chi connectivity index (χ4v) is 9.64. The van der Waals surface area contributed by atoms with E-state index in [1.165, 1.54) is 71.7 Å². The van der Waals surface area contributed by atoms with Crippen LogP contribution in [0.2, 0.25) is 0 Å². The Morgan fingerprint density at radius 2 is 1.10 bits per heavy atom. The Labute approximate surface area is 372 Å². The van der Waals surface area contributed by atoms with Gasteiger partial charge in [-0.25, -0.2) is 4.98 Å². The molecule has 8 aromatic carbocycles. The summed E-state index contributed by atoms with van der Waals surface area (Å²) in [6.07, 6.45) is 0. The van der Waals surface area contributed by atoms with E-state index >= 15 is 0 Å². The zero-order chi connectivity index (χ0) is 44.1. The highest BCUT2D eigenvalue weighted by Crippen LogP contribution is 2.45. The minimum absolute atomic E-state index is 0.0563. The van der Waals surface area contributed by atoms with Crippen LogP contribution in [0.3, 0.4) is 0 Å². The predicted octanol–water partition coefficient (Wildman–Crippen LogP) is 17.4. The molecule has 10 rings (SSSR count).